The Hall–Kier alpha value is -1.97. The van der Waals surface area contributed by atoms with Crippen LogP contribution in [0.2, 0.25) is 0 Å². The highest BCUT2D eigenvalue weighted by molar-refractivity contribution is 5.91. The first kappa shape index (κ1) is 10.5. The number of hydrogen-bond donors (Lipinski definition) is 2. The molecule has 0 spiro atoms. The Bertz CT molecular complexity index is 437. The van der Waals surface area contributed by atoms with Gasteiger partial charge in [-0.25, -0.2) is 4.79 Å². The van der Waals surface area contributed by atoms with Gasteiger partial charge >= 0.3 is 5.97 Å². The summed E-state index contributed by atoms with van der Waals surface area (Å²) in [6, 6.07) is 5.75. The number of nitrogens with one attached hydrogen (secondary N) is 1. The second-order valence-electron chi connectivity index (χ2n) is 3.57. The van der Waals surface area contributed by atoms with Crippen LogP contribution in [0.4, 0.5) is 0 Å². The molecular weight excluding hydrogens is 206 g/mol. The summed E-state index contributed by atoms with van der Waals surface area (Å²) in [5, 5.41) is 11.9. The molecule has 0 unspecified atom stereocenters. The maximum Gasteiger partial charge on any atom is 0.330 e. The summed E-state index contributed by atoms with van der Waals surface area (Å²) in [5.41, 5.74) is 2.59. The van der Waals surface area contributed by atoms with Crippen molar-refractivity contribution in [1.82, 2.24) is 5.32 Å². The van der Waals surface area contributed by atoms with Crippen molar-refractivity contribution in [3.05, 3.63) is 35.4 Å². The zero-order valence-electron chi connectivity index (χ0n) is 8.99. The van der Waals surface area contributed by atoms with Crippen molar-refractivity contribution in [2.24, 2.45) is 0 Å². The Morgan fingerprint density at radius 1 is 1.56 bits per heavy atom. The topological polar surface area (TPSA) is 58.6 Å². The predicted molar refractivity (Wildman–Crippen MR) is 60.3 cm³/mol. The Kier molecular flexibility index (Phi) is 2.81. The minimum Gasteiger partial charge on any atom is -0.496 e. The third-order valence-electron chi connectivity index (χ3n) is 2.58. The van der Waals surface area contributed by atoms with Crippen molar-refractivity contribution < 1.29 is 14.6 Å². The lowest BCUT2D eigenvalue weighted by molar-refractivity contribution is -0.131. The van der Waals surface area contributed by atoms with Crippen molar-refractivity contribution in [1.29, 1.82) is 0 Å². The smallest absolute Gasteiger partial charge is 0.330 e. The van der Waals surface area contributed by atoms with Crippen molar-refractivity contribution in [3.63, 3.8) is 0 Å². The fraction of sp³-hybridized carbons (Fsp3) is 0.250. The molecule has 4 nitrogen and oxygen atoms in total. The first-order valence-electron chi connectivity index (χ1n) is 5.07. The van der Waals surface area contributed by atoms with Gasteiger partial charge in [0.15, 0.2) is 0 Å². The van der Waals surface area contributed by atoms with Crippen LogP contribution in [0.1, 0.15) is 11.1 Å². The maximum absolute atomic E-state index is 10.7. The first-order valence-corrected chi connectivity index (χ1v) is 5.07. The zero-order valence-corrected chi connectivity index (χ0v) is 8.99. The van der Waals surface area contributed by atoms with Crippen molar-refractivity contribution in [3.8, 4) is 5.75 Å². The van der Waals surface area contributed by atoms with Crippen LogP contribution < -0.4 is 10.1 Å². The number of carbonyl (C=O) groups is 1. The number of carboxylic acid groups (broad SMARTS) is 1. The Morgan fingerprint density at radius 3 is 3.06 bits per heavy atom. The molecule has 4 heteroatoms. The van der Waals surface area contributed by atoms with E-state index in [1.54, 1.807) is 7.11 Å². The van der Waals surface area contributed by atoms with Crippen LogP contribution in [-0.2, 0) is 11.2 Å². The number of methoxy groups -OCH3 is 1. The van der Waals surface area contributed by atoms with Gasteiger partial charge in [0.1, 0.15) is 5.75 Å². The average molecular weight is 219 g/mol. The summed E-state index contributed by atoms with van der Waals surface area (Å²) in [4.78, 5) is 10.7. The van der Waals surface area contributed by atoms with Crippen LogP contribution in [0, 0.1) is 0 Å². The fourth-order valence-corrected chi connectivity index (χ4v) is 1.93. The molecule has 0 aliphatic carbocycles. The molecule has 0 saturated carbocycles. The highest BCUT2D eigenvalue weighted by Gasteiger charge is 2.18. The lowest BCUT2D eigenvalue weighted by Crippen LogP contribution is -2.23. The number of aliphatic carboxylic acids is 1. The molecule has 0 amide bonds. The molecule has 1 aliphatic heterocycles. The molecule has 1 heterocycles. The van der Waals surface area contributed by atoms with E-state index < -0.39 is 5.97 Å². The predicted octanol–water partition coefficient (Wildman–Crippen LogP) is 1.27. The molecule has 0 saturated heterocycles. The molecule has 0 aromatic heterocycles. The van der Waals surface area contributed by atoms with Crippen molar-refractivity contribution in [2.45, 2.75) is 6.42 Å². The zero-order chi connectivity index (χ0) is 11.5. The standard InChI is InChI=1S/C12H13NO3/c1-16-10-4-2-3-8-5-6-13-9(12(8)10)7-11(14)15/h2-4,7,13H,5-6H2,1H3,(H,14,15)/b9-7+. The van der Waals surface area contributed by atoms with Crippen LogP contribution in [0.15, 0.2) is 24.3 Å². The SMILES string of the molecule is COc1cccc2c1/C(=C\C(=O)O)NCC2. The van der Waals surface area contributed by atoms with Gasteiger partial charge in [0.05, 0.1) is 12.8 Å². The minimum absolute atomic E-state index is 0.617. The minimum atomic E-state index is -0.957. The summed E-state index contributed by atoms with van der Waals surface area (Å²) < 4.78 is 5.25. The second-order valence-corrected chi connectivity index (χ2v) is 3.57. The van der Waals surface area contributed by atoms with Gasteiger partial charge < -0.3 is 15.2 Å². The molecule has 2 N–H and O–H groups in total. The monoisotopic (exact) mass is 219 g/mol. The number of rotatable bonds is 2. The van der Waals surface area contributed by atoms with Gasteiger partial charge in [-0.3, -0.25) is 0 Å². The normalized spacial score (nSPS) is 16.4. The summed E-state index contributed by atoms with van der Waals surface area (Å²) in [7, 11) is 1.59. The third-order valence-corrected chi connectivity index (χ3v) is 2.58. The van der Waals surface area contributed by atoms with Gasteiger partial charge in [0.25, 0.3) is 0 Å². The van der Waals surface area contributed by atoms with Crippen LogP contribution in [0.5, 0.6) is 5.75 Å². The van der Waals surface area contributed by atoms with Crippen LogP contribution >= 0.6 is 0 Å². The largest absolute Gasteiger partial charge is 0.496 e. The summed E-state index contributed by atoms with van der Waals surface area (Å²) in [6.07, 6.45) is 2.06. The molecule has 2 rings (SSSR count). The van der Waals surface area contributed by atoms with Gasteiger partial charge in [-0.05, 0) is 18.1 Å². The molecule has 0 fully saturated rings. The van der Waals surface area contributed by atoms with E-state index in [0.29, 0.717) is 11.4 Å². The van der Waals surface area contributed by atoms with E-state index in [1.807, 2.05) is 18.2 Å². The highest BCUT2D eigenvalue weighted by atomic mass is 16.5. The molecule has 0 atom stereocenters. The summed E-state index contributed by atoms with van der Waals surface area (Å²) in [5.74, 6) is -0.251. The lowest BCUT2D eigenvalue weighted by atomic mass is 9.97. The lowest BCUT2D eigenvalue weighted by Gasteiger charge is -2.22. The fourth-order valence-electron chi connectivity index (χ4n) is 1.93. The maximum atomic E-state index is 10.7. The van der Waals surface area contributed by atoms with Crippen LogP contribution in [-0.4, -0.2) is 24.7 Å². The van der Waals surface area contributed by atoms with E-state index >= 15 is 0 Å². The molecule has 84 valence electrons. The number of benzene rings is 1. The molecule has 1 aromatic carbocycles. The molecule has 0 bridgehead atoms. The van der Waals surface area contributed by atoms with Crippen molar-refractivity contribution >= 4 is 11.7 Å². The average Bonchev–Trinajstić information content (AvgIpc) is 2.28. The molecular formula is C12H13NO3. The van der Waals surface area contributed by atoms with Gasteiger partial charge in [-0.15, -0.1) is 0 Å². The van der Waals surface area contributed by atoms with Crippen LogP contribution in [0.3, 0.4) is 0 Å². The van der Waals surface area contributed by atoms with Crippen molar-refractivity contribution in [2.75, 3.05) is 13.7 Å². The van der Waals surface area contributed by atoms with Gasteiger partial charge in [-0.2, -0.15) is 0 Å². The molecule has 16 heavy (non-hydrogen) atoms. The number of hydrogen-bond acceptors (Lipinski definition) is 3. The number of carboxylic acids is 1. The Balaban J connectivity index is 2.55. The highest BCUT2D eigenvalue weighted by Crippen LogP contribution is 2.30. The van der Waals surface area contributed by atoms with E-state index in [0.717, 1.165) is 24.1 Å². The van der Waals surface area contributed by atoms with Crippen LogP contribution in [0.25, 0.3) is 5.70 Å². The van der Waals surface area contributed by atoms with E-state index in [1.165, 1.54) is 6.08 Å². The number of fused-ring (bicyclic) bond motifs is 1. The van der Waals surface area contributed by atoms with E-state index in [2.05, 4.69) is 5.32 Å². The first-order chi connectivity index (χ1) is 7.72. The van der Waals surface area contributed by atoms with Gasteiger partial charge in [0, 0.05) is 18.2 Å². The Morgan fingerprint density at radius 2 is 2.38 bits per heavy atom. The molecule has 0 radical (unpaired) electrons. The number of ether oxygens (including phenoxy) is 1. The third kappa shape index (κ3) is 1.86. The van der Waals surface area contributed by atoms with Gasteiger partial charge in [-0.1, -0.05) is 12.1 Å². The summed E-state index contributed by atoms with van der Waals surface area (Å²) >= 11 is 0. The molecule has 1 aliphatic rings. The van der Waals surface area contributed by atoms with E-state index in [-0.39, 0.29) is 0 Å². The van der Waals surface area contributed by atoms with E-state index in [9.17, 15) is 4.79 Å². The molecule has 1 aromatic rings. The second kappa shape index (κ2) is 4.26. The quantitative estimate of drug-likeness (QED) is 0.735. The summed E-state index contributed by atoms with van der Waals surface area (Å²) in [6.45, 7) is 0.749. The Labute approximate surface area is 93.5 Å². The van der Waals surface area contributed by atoms with E-state index in [4.69, 9.17) is 9.84 Å². The van der Waals surface area contributed by atoms with Gasteiger partial charge in [0.2, 0.25) is 0 Å².